The third-order valence-electron chi connectivity index (χ3n) is 6.36. The lowest BCUT2D eigenvalue weighted by Crippen LogP contribution is -2.45. The van der Waals surface area contributed by atoms with Crippen molar-refractivity contribution in [1.82, 2.24) is 30.5 Å². The molecule has 0 bridgehead atoms. The number of amides is 2. The van der Waals surface area contributed by atoms with E-state index >= 15 is 0 Å². The van der Waals surface area contributed by atoms with Crippen molar-refractivity contribution in [2.24, 2.45) is 0 Å². The molecule has 0 radical (unpaired) electrons. The van der Waals surface area contributed by atoms with E-state index in [1.54, 1.807) is 80.2 Å². The Kier molecular flexibility index (Phi) is 9.05. The van der Waals surface area contributed by atoms with Crippen LogP contribution in [0.4, 0.5) is 5.69 Å². The van der Waals surface area contributed by atoms with E-state index in [1.807, 2.05) is 24.3 Å². The van der Waals surface area contributed by atoms with Gasteiger partial charge in [0.25, 0.3) is 5.91 Å². The lowest BCUT2D eigenvalue weighted by molar-refractivity contribution is -0.127. The van der Waals surface area contributed by atoms with Crippen molar-refractivity contribution < 1.29 is 14.3 Å². The Bertz CT molecular complexity index is 1650. The zero-order valence-corrected chi connectivity index (χ0v) is 23.9. The summed E-state index contributed by atoms with van der Waals surface area (Å²) in [6.45, 7) is -0.0430. The molecule has 5 aromatic rings. The first-order chi connectivity index (χ1) is 20.4. The Morgan fingerprint density at radius 3 is 2.19 bits per heavy atom. The lowest BCUT2D eigenvalue weighted by atomic mass is 10.0. The SMILES string of the molecule is COc1ccc(CNC(=O)[C@@H](c2ccncc2)N(C(=O)Cn2nnc(-c3ccc(Cl)cc3)n2)c2ccc(Cl)cc2)cc1. The van der Waals surface area contributed by atoms with Gasteiger partial charge in [0.1, 0.15) is 18.3 Å². The summed E-state index contributed by atoms with van der Waals surface area (Å²) in [6.07, 6.45) is 3.14. The van der Waals surface area contributed by atoms with Gasteiger partial charge in [-0.3, -0.25) is 19.5 Å². The van der Waals surface area contributed by atoms with Gasteiger partial charge in [-0.2, -0.15) is 4.80 Å². The Labute approximate surface area is 251 Å². The smallest absolute Gasteiger partial charge is 0.251 e. The van der Waals surface area contributed by atoms with Crippen LogP contribution in [0, 0.1) is 0 Å². The summed E-state index contributed by atoms with van der Waals surface area (Å²) in [5.74, 6) is 0.202. The number of aromatic nitrogens is 5. The number of nitrogens with one attached hydrogen (secondary N) is 1. The number of nitrogens with zero attached hydrogens (tertiary/aromatic N) is 6. The highest BCUT2D eigenvalue weighted by Crippen LogP contribution is 2.29. The van der Waals surface area contributed by atoms with Gasteiger partial charge >= 0.3 is 0 Å². The normalized spacial score (nSPS) is 11.5. The fourth-order valence-electron chi connectivity index (χ4n) is 4.25. The van der Waals surface area contributed by atoms with Gasteiger partial charge in [-0.15, -0.1) is 10.2 Å². The summed E-state index contributed by atoms with van der Waals surface area (Å²) in [5, 5.41) is 16.5. The zero-order chi connectivity index (χ0) is 29.5. The van der Waals surface area contributed by atoms with E-state index in [0.29, 0.717) is 38.4 Å². The number of benzene rings is 3. The second kappa shape index (κ2) is 13.2. The lowest BCUT2D eigenvalue weighted by Gasteiger charge is -2.31. The molecule has 2 aromatic heterocycles. The van der Waals surface area contributed by atoms with Gasteiger partial charge in [-0.05, 0) is 89.1 Å². The Balaban J connectivity index is 1.46. The van der Waals surface area contributed by atoms with Crippen molar-refractivity contribution in [3.8, 4) is 17.1 Å². The predicted octanol–water partition coefficient (Wildman–Crippen LogP) is 5.14. The molecular weight excluding hydrogens is 577 g/mol. The molecule has 1 atom stereocenters. The fraction of sp³-hybridized carbons (Fsp3) is 0.133. The molecule has 0 fully saturated rings. The van der Waals surface area contributed by atoms with Crippen molar-refractivity contribution >= 4 is 40.7 Å². The Morgan fingerprint density at radius 2 is 1.55 bits per heavy atom. The van der Waals surface area contributed by atoms with Crippen LogP contribution in [0.2, 0.25) is 10.0 Å². The topological polar surface area (TPSA) is 115 Å². The summed E-state index contributed by atoms with van der Waals surface area (Å²) in [7, 11) is 1.59. The van der Waals surface area contributed by atoms with Crippen LogP contribution in [-0.4, -0.2) is 44.1 Å². The number of rotatable bonds is 10. The second-order valence-electron chi connectivity index (χ2n) is 9.14. The molecule has 42 heavy (non-hydrogen) atoms. The highest BCUT2D eigenvalue weighted by Gasteiger charge is 2.33. The van der Waals surface area contributed by atoms with Crippen LogP contribution in [0.3, 0.4) is 0 Å². The van der Waals surface area contributed by atoms with Crippen LogP contribution in [0.5, 0.6) is 5.75 Å². The third-order valence-corrected chi connectivity index (χ3v) is 6.86. The maximum atomic E-state index is 14.0. The molecular formula is C30H25Cl2N7O3. The van der Waals surface area contributed by atoms with Crippen LogP contribution in [0.15, 0.2) is 97.3 Å². The summed E-state index contributed by atoms with van der Waals surface area (Å²) in [5.41, 5.74) is 2.58. The molecule has 12 heteroatoms. The van der Waals surface area contributed by atoms with Crippen LogP contribution >= 0.6 is 23.2 Å². The second-order valence-corrected chi connectivity index (χ2v) is 10.0. The highest BCUT2D eigenvalue weighted by atomic mass is 35.5. The van der Waals surface area contributed by atoms with Crippen LogP contribution in [-0.2, 0) is 22.7 Å². The largest absolute Gasteiger partial charge is 0.497 e. The molecule has 0 spiro atoms. The molecule has 0 aliphatic carbocycles. The highest BCUT2D eigenvalue weighted by molar-refractivity contribution is 6.31. The van der Waals surface area contributed by atoms with Crippen molar-refractivity contribution in [2.75, 3.05) is 12.0 Å². The molecule has 10 nitrogen and oxygen atoms in total. The minimum atomic E-state index is -1.04. The Hall–Kier alpha value is -4.80. The molecule has 0 unspecified atom stereocenters. The number of pyridine rings is 1. The van der Waals surface area contributed by atoms with Crippen LogP contribution in [0.1, 0.15) is 17.2 Å². The van der Waals surface area contributed by atoms with E-state index in [-0.39, 0.29) is 13.1 Å². The van der Waals surface area contributed by atoms with E-state index in [0.717, 1.165) is 5.56 Å². The first kappa shape index (κ1) is 28.7. The fourth-order valence-corrected chi connectivity index (χ4v) is 4.51. The number of carbonyl (C=O) groups is 2. The molecule has 1 N–H and O–H groups in total. The monoisotopic (exact) mass is 601 g/mol. The maximum Gasteiger partial charge on any atom is 0.251 e. The molecule has 2 heterocycles. The van der Waals surface area contributed by atoms with Gasteiger partial charge in [0, 0.05) is 40.2 Å². The van der Waals surface area contributed by atoms with Crippen molar-refractivity contribution in [3.05, 3.63) is 118 Å². The molecule has 212 valence electrons. The van der Waals surface area contributed by atoms with E-state index in [1.165, 1.54) is 9.70 Å². The van der Waals surface area contributed by atoms with Gasteiger partial charge < -0.3 is 10.1 Å². The number of hydrogen-bond acceptors (Lipinski definition) is 7. The summed E-state index contributed by atoms with van der Waals surface area (Å²) in [4.78, 5) is 34.5. The number of anilines is 1. The molecule has 5 rings (SSSR count). The van der Waals surface area contributed by atoms with E-state index in [2.05, 4.69) is 25.7 Å². The number of methoxy groups -OCH3 is 1. The number of halogens is 2. The Morgan fingerprint density at radius 1 is 0.905 bits per heavy atom. The third kappa shape index (κ3) is 6.91. The molecule has 0 saturated carbocycles. The minimum absolute atomic E-state index is 0.238. The minimum Gasteiger partial charge on any atom is -0.497 e. The standard InChI is InChI=1S/C30H25Cl2N7O3/c1-42-26-12-2-20(3-13-26)18-34-30(41)28(21-14-16-33-17-15-21)39(25-10-8-24(32)9-11-25)27(40)19-38-36-29(35-37-38)22-4-6-23(31)7-5-22/h2-17,28H,18-19H2,1H3,(H,34,41)/t28-/m1/s1. The van der Waals surface area contributed by atoms with Crippen LogP contribution in [0.25, 0.3) is 11.4 Å². The molecule has 2 amide bonds. The summed E-state index contributed by atoms with van der Waals surface area (Å²) in [6, 6.07) is 23.3. The van der Waals surface area contributed by atoms with Gasteiger partial charge in [-0.25, -0.2) is 0 Å². The van der Waals surface area contributed by atoms with Crippen LogP contribution < -0.4 is 15.0 Å². The predicted molar refractivity (Wildman–Crippen MR) is 159 cm³/mol. The zero-order valence-electron chi connectivity index (χ0n) is 22.4. The number of ether oxygens (including phenoxy) is 1. The van der Waals surface area contributed by atoms with Gasteiger partial charge in [-0.1, -0.05) is 35.3 Å². The van der Waals surface area contributed by atoms with Crippen molar-refractivity contribution in [1.29, 1.82) is 0 Å². The first-order valence-corrected chi connectivity index (χ1v) is 13.6. The molecule has 0 aliphatic heterocycles. The van der Waals surface area contributed by atoms with Crippen molar-refractivity contribution in [2.45, 2.75) is 19.1 Å². The number of carbonyl (C=O) groups excluding carboxylic acids is 2. The average molecular weight is 602 g/mol. The van der Waals surface area contributed by atoms with E-state index in [9.17, 15) is 9.59 Å². The van der Waals surface area contributed by atoms with Gasteiger partial charge in [0.15, 0.2) is 0 Å². The molecule has 0 saturated heterocycles. The number of tetrazole rings is 1. The van der Waals surface area contributed by atoms with E-state index < -0.39 is 17.9 Å². The number of hydrogen-bond donors (Lipinski definition) is 1. The maximum absolute atomic E-state index is 14.0. The molecule has 0 aliphatic rings. The van der Waals surface area contributed by atoms with Crippen molar-refractivity contribution in [3.63, 3.8) is 0 Å². The summed E-state index contributed by atoms with van der Waals surface area (Å²) < 4.78 is 5.22. The molecule has 3 aromatic carbocycles. The summed E-state index contributed by atoms with van der Waals surface area (Å²) >= 11 is 12.1. The quantitative estimate of drug-likeness (QED) is 0.235. The van der Waals surface area contributed by atoms with Gasteiger partial charge in [0.05, 0.1) is 7.11 Å². The van der Waals surface area contributed by atoms with Gasteiger partial charge in [0.2, 0.25) is 11.7 Å². The average Bonchev–Trinajstić information content (AvgIpc) is 3.48. The van der Waals surface area contributed by atoms with E-state index in [4.69, 9.17) is 27.9 Å². The first-order valence-electron chi connectivity index (χ1n) is 12.8.